The summed E-state index contributed by atoms with van der Waals surface area (Å²) in [6.07, 6.45) is -0.203. The van der Waals surface area contributed by atoms with Crippen LogP contribution in [0.3, 0.4) is 0 Å². The van der Waals surface area contributed by atoms with Gasteiger partial charge in [0.2, 0.25) is 0 Å². The number of halogens is 1. The van der Waals surface area contributed by atoms with Gasteiger partial charge < -0.3 is 10.4 Å². The van der Waals surface area contributed by atoms with E-state index in [4.69, 9.17) is 11.6 Å². The van der Waals surface area contributed by atoms with Crippen LogP contribution in [0.15, 0.2) is 48.5 Å². The molecule has 124 valence electrons. The van der Waals surface area contributed by atoms with E-state index in [0.29, 0.717) is 5.02 Å². The van der Waals surface area contributed by atoms with E-state index in [2.05, 4.69) is 5.32 Å². The van der Waals surface area contributed by atoms with Crippen molar-refractivity contribution in [2.45, 2.75) is 12.5 Å². The Balaban J connectivity index is 2.19. The first-order chi connectivity index (χ1) is 11.4. The predicted molar refractivity (Wildman–Crippen MR) is 87.1 cm³/mol. The van der Waals surface area contributed by atoms with Gasteiger partial charge in [-0.1, -0.05) is 29.8 Å². The van der Waals surface area contributed by atoms with Crippen LogP contribution in [0, 0.1) is 10.1 Å². The summed E-state index contributed by atoms with van der Waals surface area (Å²) < 4.78 is 0. The third-order valence-corrected chi connectivity index (χ3v) is 3.57. The van der Waals surface area contributed by atoms with Crippen molar-refractivity contribution in [1.82, 2.24) is 5.32 Å². The van der Waals surface area contributed by atoms with E-state index in [-0.39, 0.29) is 23.2 Å². The molecular formula is C16H13ClN2O5. The summed E-state index contributed by atoms with van der Waals surface area (Å²) in [4.78, 5) is 33.9. The summed E-state index contributed by atoms with van der Waals surface area (Å²) in [5, 5.41) is 23.1. The number of carboxylic acids is 1. The Morgan fingerprint density at radius 1 is 1.17 bits per heavy atom. The van der Waals surface area contributed by atoms with E-state index in [1.54, 1.807) is 6.07 Å². The lowest BCUT2D eigenvalue weighted by Gasteiger charge is -2.15. The number of hydrogen-bond donors (Lipinski definition) is 2. The van der Waals surface area contributed by atoms with Gasteiger partial charge in [-0.2, -0.15) is 0 Å². The number of nitrogens with one attached hydrogen (secondary N) is 1. The number of hydrogen-bond acceptors (Lipinski definition) is 4. The lowest BCUT2D eigenvalue weighted by Crippen LogP contribution is -2.42. The Labute approximate surface area is 142 Å². The molecule has 2 N–H and O–H groups in total. The van der Waals surface area contributed by atoms with E-state index >= 15 is 0 Å². The van der Waals surface area contributed by atoms with Crippen molar-refractivity contribution in [2.24, 2.45) is 0 Å². The Hall–Kier alpha value is -2.93. The number of nitro groups is 1. The molecule has 0 saturated heterocycles. The van der Waals surface area contributed by atoms with Crippen LogP contribution < -0.4 is 5.32 Å². The van der Waals surface area contributed by atoms with E-state index < -0.39 is 22.8 Å². The number of aliphatic carboxylic acids is 1. The molecular weight excluding hydrogens is 336 g/mol. The van der Waals surface area contributed by atoms with E-state index in [0.717, 1.165) is 0 Å². The molecule has 0 heterocycles. The molecule has 0 spiro atoms. The molecule has 1 amide bonds. The quantitative estimate of drug-likeness (QED) is 0.616. The maximum Gasteiger partial charge on any atom is 0.326 e. The van der Waals surface area contributed by atoms with Crippen LogP contribution in [0.1, 0.15) is 15.9 Å². The van der Waals surface area contributed by atoms with Crippen LogP contribution in [0.25, 0.3) is 0 Å². The summed E-state index contributed by atoms with van der Waals surface area (Å²) in [7, 11) is 0. The zero-order chi connectivity index (χ0) is 17.7. The zero-order valence-electron chi connectivity index (χ0n) is 12.3. The lowest BCUT2D eigenvalue weighted by atomic mass is 10.0. The van der Waals surface area contributed by atoms with Gasteiger partial charge in [0.05, 0.1) is 4.92 Å². The van der Waals surface area contributed by atoms with Crippen LogP contribution >= 0.6 is 11.6 Å². The van der Waals surface area contributed by atoms with Crippen LogP contribution in [0.5, 0.6) is 0 Å². The highest BCUT2D eigenvalue weighted by Gasteiger charge is 2.24. The van der Waals surface area contributed by atoms with Crippen molar-refractivity contribution in [2.75, 3.05) is 0 Å². The number of rotatable bonds is 6. The minimum absolute atomic E-state index is 0.190. The summed E-state index contributed by atoms with van der Waals surface area (Å²) in [5.74, 6) is -1.88. The van der Waals surface area contributed by atoms with Gasteiger partial charge in [-0.3, -0.25) is 14.9 Å². The number of nitrogens with zero attached hydrogens (tertiary/aromatic N) is 1. The van der Waals surface area contributed by atoms with Gasteiger partial charge in [0.25, 0.3) is 11.6 Å². The summed E-state index contributed by atoms with van der Waals surface area (Å²) in [6.45, 7) is 0. The van der Waals surface area contributed by atoms with Gasteiger partial charge in [0, 0.05) is 28.6 Å². The number of benzene rings is 2. The normalized spacial score (nSPS) is 11.5. The van der Waals surface area contributed by atoms with E-state index in [9.17, 15) is 24.8 Å². The van der Waals surface area contributed by atoms with Crippen LogP contribution in [0.4, 0.5) is 5.69 Å². The number of nitro benzene ring substituents is 1. The first-order valence-corrected chi connectivity index (χ1v) is 7.28. The molecule has 8 heteroatoms. The smallest absolute Gasteiger partial charge is 0.326 e. The Kier molecular flexibility index (Phi) is 5.49. The summed E-state index contributed by atoms with van der Waals surface area (Å²) in [6, 6.07) is 10.4. The van der Waals surface area contributed by atoms with Crippen molar-refractivity contribution in [3.8, 4) is 0 Å². The highest BCUT2D eigenvalue weighted by Crippen LogP contribution is 2.19. The molecule has 0 aliphatic carbocycles. The highest BCUT2D eigenvalue weighted by atomic mass is 35.5. The predicted octanol–water partition coefficient (Wildman–Crippen LogP) is 2.67. The van der Waals surface area contributed by atoms with Gasteiger partial charge in [0.1, 0.15) is 6.04 Å². The molecule has 0 aliphatic heterocycles. The molecule has 0 radical (unpaired) electrons. The molecule has 7 nitrogen and oxygen atoms in total. The first-order valence-electron chi connectivity index (χ1n) is 6.90. The van der Waals surface area contributed by atoms with Crippen molar-refractivity contribution >= 4 is 29.2 Å². The van der Waals surface area contributed by atoms with E-state index in [1.807, 2.05) is 0 Å². The van der Waals surface area contributed by atoms with Gasteiger partial charge in [-0.15, -0.1) is 0 Å². The van der Waals surface area contributed by atoms with Gasteiger partial charge in [-0.05, 0) is 24.3 Å². The Morgan fingerprint density at radius 2 is 1.79 bits per heavy atom. The Bertz CT molecular complexity index is 776. The number of carbonyl (C=O) groups excluding carboxylic acids is 1. The molecule has 24 heavy (non-hydrogen) atoms. The molecule has 2 rings (SSSR count). The molecule has 0 bridgehead atoms. The second kappa shape index (κ2) is 7.56. The lowest BCUT2D eigenvalue weighted by molar-refractivity contribution is -0.385. The number of para-hydroxylation sites is 1. The van der Waals surface area contributed by atoms with Crippen LogP contribution in [-0.4, -0.2) is 27.9 Å². The second-order valence-electron chi connectivity index (χ2n) is 4.96. The molecule has 0 unspecified atom stereocenters. The number of carbonyl (C=O) groups is 2. The number of carboxylic acid groups (broad SMARTS) is 1. The second-order valence-corrected chi connectivity index (χ2v) is 5.40. The largest absolute Gasteiger partial charge is 0.480 e. The third-order valence-electron chi connectivity index (χ3n) is 3.32. The standard InChI is InChI=1S/C16H13ClN2O5/c17-12-7-5-10(6-8-12)15(20)18-13(16(21)22)9-11-3-1-2-4-14(11)19(23)24/h1-8,13H,9H2,(H,18,20)(H,21,22)/t13-/m1/s1. The van der Waals surface area contributed by atoms with Crippen molar-refractivity contribution in [1.29, 1.82) is 0 Å². The molecule has 0 aromatic heterocycles. The third kappa shape index (κ3) is 4.30. The maximum atomic E-state index is 12.1. The van der Waals surface area contributed by atoms with Crippen molar-refractivity contribution in [3.05, 3.63) is 74.8 Å². The molecule has 1 atom stereocenters. The zero-order valence-corrected chi connectivity index (χ0v) is 13.1. The van der Waals surface area contributed by atoms with Gasteiger partial charge in [-0.25, -0.2) is 4.79 Å². The fourth-order valence-corrected chi connectivity index (χ4v) is 2.25. The minimum atomic E-state index is -1.30. The maximum absolute atomic E-state index is 12.1. The molecule has 0 aliphatic rings. The van der Waals surface area contributed by atoms with Gasteiger partial charge >= 0.3 is 5.97 Å². The van der Waals surface area contributed by atoms with Crippen LogP contribution in [-0.2, 0) is 11.2 Å². The van der Waals surface area contributed by atoms with Gasteiger partial charge in [0.15, 0.2) is 0 Å². The van der Waals surface area contributed by atoms with Crippen molar-refractivity contribution in [3.63, 3.8) is 0 Å². The van der Waals surface area contributed by atoms with Crippen LogP contribution in [0.2, 0.25) is 5.02 Å². The molecule has 2 aromatic rings. The molecule has 0 fully saturated rings. The fraction of sp³-hybridized carbons (Fsp3) is 0.125. The minimum Gasteiger partial charge on any atom is -0.480 e. The first kappa shape index (κ1) is 17.4. The SMILES string of the molecule is O=C(N[C@H](Cc1ccccc1[N+](=O)[O-])C(=O)O)c1ccc(Cl)cc1. The summed E-state index contributed by atoms with van der Waals surface area (Å²) in [5.41, 5.74) is 0.281. The molecule has 2 aromatic carbocycles. The Morgan fingerprint density at radius 3 is 2.38 bits per heavy atom. The van der Waals surface area contributed by atoms with Crippen molar-refractivity contribution < 1.29 is 19.6 Å². The fourth-order valence-electron chi connectivity index (χ4n) is 2.12. The highest BCUT2D eigenvalue weighted by molar-refractivity contribution is 6.30. The topological polar surface area (TPSA) is 110 Å². The monoisotopic (exact) mass is 348 g/mol. The number of amides is 1. The average molecular weight is 349 g/mol. The van der Waals surface area contributed by atoms with E-state index in [1.165, 1.54) is 42.5 Å². The molecule has 0 saturated carbocycles. The average Bonchev–Trinajstić information content (AvgIpc) is 2.55. The summed E-state index contributed by atoms with van der Waals surface area (Å²) >= 11 is 5.74.